The molecule has 0 bridgehead atoms. The van der Waals surface area contributed by atoms with Crippen molar-refractivity contribution < 1.29 is 13.2 Å². The number of hydrogen-bond donors (Lipinski definition) is 1. The Morgan fingerprint density at radius 2 is 1.62 bits per heavy atom. The molecule has 1 aromatic heterocycles. The molecule has 0 fully saturated rings. The van der Waals surface area contributed by atoms with E-state index in [9.17, 15) is 13.2 Å². The molecular weight excluding hydrogens is 454 g/mol. The maximum atomic E-state index is 13.0. The molecule has 3 aromatic rings. The van der Waals surface area contributed by atoms with Gasteiger partial charge in [0.1, 0.15) is 0 Å². The first-order chi connectivity index (χ1) is 13.8. The standard InChI is InChI=1S/C21H20BrN3O3S/c1-25(2)29(27,28)19-14-17(8-9-18(19)22)21(26)24-20(15-6-4-3-5-7-15)16-10-12-23-13-11-16/h3-14,20H,1-2H3,(H,24,26). The molecule has 0 aliphatic heterocycles. The van der Waals surface area contributed by atoms with Crippen LogP contribution in [0.1, 0.15) is 27.5 Å². The Bertz CT molecular complexity index is 1070. The van der Waals surface area contributed by atoms with Crippen molar-refractivity contribution in [3.63, 3.8) is 0 Å². The minimum absolute atomic E-state index is 0.0373. The highest BCUT2D eigenvalue weighted by Crippen LogP contribution is 2.26. The number of amides is 1. The van der Waals surface area contributed by atoms with Gasteiger partial charge in [-0.1, -0.05) is 30.3 Å². The van der Waals surface area contributed by atoms with Crippen LogP contribution in [0.25, 0.3) is 0 Å². The minimum Gasteiger partial charge on any atom is -0.341 e. The van der Waals surface area contributed by atoms with E-state index >= 15 is 0 Å². The molecule has 150 valence electrons. The summed E-state index contributed by atoms with van der Waals surface area (Å²) in [5.41, 5.74) is 2.03. The molecule has 0 radical (unpaired) electrons. The van der Waals surface area contributed by atoms with E-state index in [0.717, 1.165) is 15.4 Å². The number of benzene rings is 2. The number of nitrogens with one attached hydrogen (secondary N) is 1. The van der Waals surface area contributed by atoms with Crippen molar-refractivity contribution in [2.24, 2.45) is 0 Å². The molecule has 1 atom stereocenters. The molecule has 0 aliphatic rings. The first-order valence-corrected chi connectivity index (χ1v) is 11.0. The molecule has 0 saturated carbocycles. The van der Waals surface area contributed by atoms with Gasteiger partial charge >= 0.3 is 0 Å². The summed E-state index contributed by atoms with van der Waals surface area (Å²) in [6, 6.07) is 17.4. The number of halogens is 1. The third-order valence-electron chi connectivity index (χ3n) is 4.40. The zero-order valence-electron chi connectivity index (χ0n) is 15.9. The van der Waals surface area contributed by atoms with E-state index in [1.54, 1.807) is 24.5 Å². The molecule has 0 aliphatic carbocycles. The average molecular weight is 474 g/mol. The smallest absolute Gasteiger partial charge is 0.252 e. The topological polar surface area (TPSA) is 79.4 Å². The maximum Gasteiger partial charge on any atom is 0.252 e. The van der Waals surface area contributed by atoms with Crippen LogP contribution in [-0.2, 0) is 10.0 Å². The zero-order chi connectivity index (χ0) is 21.0. The van der Waals surface area contributed by atoms with Gasteiger partial charge in [0.2, 0.25) is 10.0 Å². The third-order valence-corrected chi connectivity index (χ3v) is 7.21. The van der Waals surface area contributed by atoms with Crippen LogP contribution in [0.2, 0.25) is 0 Å². The van der Waals surface area contributed by atoms with Crippen LogP contribution in [-0.4, -0.2) is 37.7 Å². The molecule has 1 unspecified atom stereocenters. The summed E-state index contributed by atoms with van der Waals surface area (Å²) in [6.07, 6.45) is 3.33. The second-order valence-corrected chi connectivity index (χ2v) is 9.50. The van der Waals surface area contributed by atoms with Crippen molar-refractivity contribution in [2.75, 3.05) is 14.1 Å². The lowest BCUT2D eigenvalue weighted by Crippen LogP contribution is -2.30. The van der Waals surface area contributed by atoms with Gasteiger partial charge in [0.25, 0.3) is 5.91 Å². The van der Waals surface area contributed by atoms with Crippen LogP contribution in [0.3, 0.4) is 0 Å². The average Bonchev–Trinajstić information content (AvgIpc) is 2.73. The first-order valence-electron chi connectivity index (χ1n) is 8.78. The number of aromatic nitrogens is 1. The third kappa shape index (κ3) is 4.72. The van der Waals surface area contributed by atoms with Gasteiger partial charge in [-0.25, -0.2) is 12.7 Å². The lowest BCUT2D eigenvalue weighted by molar-refractivity contribution is 0.0942. The first kappa shape index (κ1) is 21.2. The Labute approximate surface area is 178 Å². The lowest BCUT2D eigenvalue weighted by Gasteiger charge is -2.20. The van der Waals surface area contributed by atoms with Gasteiger partial charge < -0.3 is 5.32 Å². The number of rotatable bonds is 6. The molecule has 29 heavy (non-hydrogen) atoms. The summed E-state index contributed by atoms with van der Waals surface area (Å²) < 4.78 is 26.6. The van der Waals surface area contributed by atoms with Gasteiger partial charge in [0.05, 0.1) is 10.9 Å². The Morgan fingerprint density at radius 3 is 2.24 bits per heavy atom. The quantitative estimate of drug-likeness (QED) is 0.592. The molecule has 8 heteroatoms. The summed E-state index contributed by atoms with van der Waals surface area (Å²) in [5, 5.41) is 3.00. The highest BCUT2D eigenvalue weighted by molar-refractivity contribution is 9.10. The Balaban J connectivity index is 1.97. The number of carbonyl (C=O) groups is 1. The van der Waals surface area contributed by atoms with Gasteiger partial charge in [-0.2, -0.15) is 0 Å². The van der Waals surface area contributed by atoms with Crippen LogP contribution in [0.15, 0.2) is 82.4 Å². The second-order valence-electron chi connectivity index (χ2n) is 6.53. The Kier molecular flexibility index (Phi) is 6.46. The van der Waals surface area contributed by atoms with Crippen LogP contribution in [0, 0.1) is 0 Å². The van der Waals surface area contributed by atoms with Crippen LogP contribution in [0.5, 0.6) is 0 Å². The fourth-order valence-electron chi connectivity index (χ4n) is 2.81. The van der Waals surface area contributed by atoms with Gasteiger partial charge in [-0.15, -0.1) is 0 Å². The van der Waals surface area contributed by atoms with E-state index in [1.807, 2.05) is 42.5 Å². The number of hydrogen-bond acceptors (Lipinski definition) is 4. The van der Waals surface area contributed by atoms with Crippen LogP contribution < -0.4 is 5.32 Å². The van der Waals surface area contributed by atoms with E-state index in [0.29, 0.717) is 4.47 Å². The van der Waals surface area contributed by atoms with E-state index in [2.05, 4.69) is 26.2 Å². The molecule has 0 spiro atoms. The normalized spacial score (nSPS) is 12.6. The highest BCUT2D eigenvalue weighted by Gasteiger charge is 2.23. The number of sulfonamides is 1. The molecule has 2 aromatic carbocycles. The Hall–Kier alpha value is -2.55. The molecule has 1 heterocycles. The monoisotopic (exact) mass is 473 g/mol. The summed E-state index contributed by atoms with van der Waals surface area (Å²) in [4.78, 5) is 17.1. The lowest BCUT2D eigenvalue weighted by atomic mass is 9.99. The maximum absolute atomic E-state index is 13.0. The molecule has 1 amide bonds. The van der Waals surface area contributed by atoms with E-state index in [1.165, 1.54) is 20.2 Å². The summed E-state index contributed by atoms with van der Waals surface area (Å²) in [7, 11) is -0.803. The van der Waals surface area contributed by atoms with Crippen molar-refractivity contribution in [2.45, 2.75) is 10.9 Å². The fourth-order valence-corrected chi connectivity index (χ4v) is 4.66. The molecule has 3 rings (SSSR count). The van der Waals surface area contributed by atoms with E-state index < -0.39 is 16.1 Å². The molecular formula is C21H20BrN3O3S. The molecule has 1 N–H and O–H groups in total. The van der Waals surface area contributed by atoms with Gasteiger partial charge in [-0.05, 0) is 57.4 Å². The largest absolute Gasteiger partial charge is 0.341 e. The van der Waals surface area contributed by atoms with Crippen molar-refractivity contribution in [3.8, 4) is 0 Å². The van der Waals surface area contributed by atoms with Crippen molar-refractivity contribution >= 4 is 31.9 Å². The highest BCUT2D eigenvalue weighted by atomic mass is 79.9. The predicted molar refractivity (Wildman–Crippen MR) is 115 cm³/mol. The fraction of sp³-hybridized carbons (Fsp3) is 0.143. The second kappa shape index (κ2) is 8.86. The predicted octanol–water partition coefficient (Wildman–Crippen LogP) is 3.61. The molecule has 0 saturated heterocycles. The van der Waals surface area contributed by atoms with Crippen molar-refractivity contribution in [3.05, 3.63) is 94.2 Å². The van der Waals surface area contributed by atoms with Crippen LogP contribution in [0.4, 0.5) is 0 Å². The van der Waals surface area contributed by atoms with Crippen molar-refractivity contribution in [1.82, 2.24) is 14.6 Å². The van der Waals surface area contributed by atoms with Gasteiger partial charge in [0, 0.05) is 36.5 Å². The number of nitrogens with zero attached hydrogens (tertiary/aromatic N) is 2. The van der Waals surface area contributed by atoms with Crippen molar-refractivity contribution in [1.29, 1.82) is 0 Å². The zero-order valence-corrected chi connectivity index (χ0v) is 18.3. The van der Waals surface area contributed by atoms with Crippen LogP contribution >= 0.6 is 15.9 Å². The minimum atomic E-state index is -3.70. The molecule has 6 nitrogen and oxygen atoms in total. The summed E-state index contributed by atoms with van der Waals surface area (Å²) in [6.45, 7) is 0. The van der Waals surface area contributed by atoms with Gasteiger partial charge in [-0.3, -0.25) is 9.78 Å². The summed E-state index contributed by atoms with van der Waals surface area (Å²) in [5.74, 6) is -0.377. The number of carbonyl (C=O) groups excluding carboxylic acids is 1. The number of pyridine rings is 1. The van der Waals surface area contributed by atoms with E-state index in [4.69, 9.17) is 0 Å². The van der Waals surface area contributed by atoms with Gasteiger partial charge in [0.15, 0.2) is 0 Å². The summed E-state index contributed by atoms with van der Waals surface area (Å²) >= 11 is 3.26. The SMILES string of the molecule is CN(C)S(=O)(=O)c1cc(C(=O)NC(c2ccccc2)c2ccncc2)ccc1Br. The van der Waals surface area contributed by atoms with E-state index in [-0.39, 0.29) is 16.4 Å². The Morgan fingerprint density at radius 1 is 1.00 bits per heavy atom.